The van der Waals surface area contributed by atoms with E-state index in [1.54, 1.807) is 43.7 Å². The number of rotatable bonds is 7. The van der Waals surface area contributed by atoms with Gasteiger partial charge in [-0.1, -0.05) is 0 Å². The van der Waals surface area contributed by atoms with Crippen LogP contribution in [0.3, 0.4) is 0 Å². The van der Waals surface area contributed by atoms with Gasteiger partial charge in [0.2, 0.25) is 10.0 Å². The third-order valence-electron chi connectivity index (χ3n) is 6.25. The van der Waals surface area contributed by atoms with Gasteiger partial charge in [0.25, 0.3) is 5.56 Å². The number of fused-ring (bicyclic) bond motifs is 1. The molecule has 3 heterocycles. The first-order valence-corrected chi connectivity index (χ1v) is 13.5. The first-order chi connectivity index (χ1) is 17.9. The molecule has 4 rings (SSSR count). The average molecular weight is 543 g/mol. The fourth-order valence-corrected chi connectivity index (χ4v) is 5.12. The smallest absolute Gasteiger partial charge is 0.335 e. The minimum Gasteiger partial charge on any atom is -0.458 e. The summed E-state index contributed by atoms with van der Waals surface area (Å²) in [7, 11) is -2.28. The number of benzene rings is 1. The van der Waals surface area contributed by atoms with Gasteiger partial charge in [-0.2, -0.15) is 10.4 Å². The zero-order valence-electron chi connectivity index (χ0n) is 21.6. The number of hydrogen-bond acceptors (Lipinski definition) is 9. The van der Waals surface area contributed by atoms with E-state index in [1.165, 1.54) is 25.4 Å². The third-order valence-corrected chi connectivity index (χ3v) is 7.68. The molecule has 0 amide bonds. The lowest BCUT2D eigenvalue weighted by Crippen LogP contribution is -2.47. The van der Waals surface area contributed by atoms with Gasteiger partial charge in [-0.15, -0.1) is 0 Å². The molecule has 0 spiro atoms. The quantitative estimate of drug-likeness (QED) is 0.380. The van der Waals surface area contributed by atoms with Crippen molar-refractivity contribution in [2.75, 3.05) is 19.0 Å². The summed E-state index contributed by atoms with van der Waals surface area (Å²) in [5.41, 5.74) is -0.976. The number of nitrogens with zero attached hydrogens (tertiary/aromatic N) is 3. The number of hydrogen-bond donors (Lipinski definition) is 3. The Morgan fingerprint density at radius 2 is 2.03 bits per heavy atom. The molecule has 0 aliphatic carbocycles. The first-order valence-electron chi connectivity index (χ1n) is 12.0. The molecule has 2 aromatic heterocycles. The maximum Gasteiger partial charge on any atom is 0.335 e. The van der Waals surface area contributed by atoms with Crippen molar-refractivity contribution >= 4 is 38.4 Å². The van der Waals surface area contributed by atoms with Crippen LogP contribution >= 0.6 is 0 Å². The molecule has 202 valence electrons. The molecule has 12 nitrogen and oxygen atoms in total. The van der Waals surface area contributed by atoms with Gasteiger partial charge in [-0.25, -0.2) is 17.9 Å². The number of carbonyl (C=O) groups is 1. The van der Waals surface area contributed by atoms with E-state index in [1.807, 2.05) is 0 Å². The minimum absolute atomic E-state index is 0.0179. The standard InChI is InChI=1S/C25H30N6O6S/c1-24(2,3)37-23(33)19-9-11-25(12-13-26,15-36-19)31-18-10-14-28-22(32)20(18)21(30-31)29-16-5-7-17(8-6-16)38(34,35)27-4/h5-8,10,14,19,27H,9,11-12,15H2,1-4H3,(H,28,32)(H,29,30)/t19-,25-/m0/s1. The highest BCUT2D eigenvalue weighted by Gasteiger charge is 2.43. The number of nitriles is 1. The van der Waals surface area contributed by atoms with Crippen LogP contribution in [0.5, 0.6) is 0 Å². The molecule has 0 saturated carbocycles. The van der Waals surface area contributed by atoms with Crippen molar-refractivity contribution < 1.29 is 22.7 Å². The molecule has 3 N–H and O–H groups in total. The van der Waals surface area contributed by atoms with Gasteiger partial charge in [-0.3, -0.25) is 9.48 Å². The van der Waals surface area contributed by atoms with Gasteiger partial charge in [-0.05, 0) is 71.0 Å². The number of carbonyl (C=O) groups excluding carboxylic acids is 1. The Bertz CT molecular complexity index is 1540. The molecule has 3 aromatic rings. The van der Waals surface area contributed by atoms with E-state index < -0.39 is 33.2 Å². The largest absolute Gasteiger partial charge is 0.458 e. The maximum atomic E-state index is 12.9. The maximum absolute atomic E-state index is 12.9. The number of aromatic amines is 1. The molecule has 1 aromatic carbocycles. The topological polar surface area (TPSA) is 168 Å². The summed E-state index contributed by atoms with van der Waals surface area (Å²) in [6, 6.07) is 9.87. The monoisotopic (exact) mass is 542 g/mol. The second kappa shape index (κ2) is 10.2. The van der Waals surface area contributed by atoms with Crippen molar-refractivity contribution in [2.24, 2.45) is 0 Å². The van der Waals surface area contributed by atoms with E-state index in [0.29, 0.717) is 24.0 Å². The molecule has 1 fully saturated rings. The Labute approximate surface area is 220 Å². The van der Waals surface area contributed by atoms with E-state index in [-0.39, 0.29) is 34.7 Å². The lowest BCUT2D eigenvalue weighted by atomic mass is 9.87. The van der Waals surface area contributed by atoms with Crippen LogP contribution in [0.2, 0.25) is 0 Å². The predicted octanol–water partition coefficient (Wildman–Crippen LogP) is 2.51. The lowest BCUT2D eigenvalue weighted by Gasteiger charge is -2.39. The van der Waals surface area contributed by atoms with E-state index >= 15 is 0 Å². The summed E-state index contributed by atoms with van der Waals surface area (Å²) in [5, 5.41) is 17.7. The van der Waals surface area contributed by atoms with Crippen LogP contribution < -0.4 is 15.6 Å². The summed E-state index contributed by atoms with van der Waals surface area (Å²) in [5.74, 6) is -0.228. The van der Waals surface area contributed by atoms with E-state index in [4.69, 9.17) is 9.47 Å². The van der Waals surface area contributed by atoms with Crippen molar-refractivity contribution in [3.63, 3.8) is 0 Å². The summed E-state index contributed by atoms with van der Waals surface area (Å²) in [6.07, 6.45) is 1.47. The molecule has 13 heteroatoms. The fourth-order valence-electron chi connectivity index (χ4n) is 4.39. The Kier molecular flexibility index (Phi) is 7.33. The molecular weight excluding hydrogens is 512 g/mol. The Hall–Kier alpha value is -3.73. The summed E-state index contributed by atoms with van der Waals surface area (Å²) < 4.78 is 39.3. The van der Waals surface area contributed by atoms with Crippen molar-refractivity contribution in [1.29, 1.82) is 5.26 Å². The van der Waals surface area contributed by atoms with Crippen LogP contribution in [0.15, 0.2) is 46.2 Å². The average Bonchev–Trinajstić information content (AvgIpc) is 3.24. The zero-order valence-corrected chi connectivity index (χ0v) is 22.4. The normalized spacial score (nSPS) is 20.1. The van der Waals surface area contributed by atoms with Crippen molar-refractivity contribution in [3.05, 3.63) is 46.9 Å². The zero-order chi connectivity index (χ0) is 27.7. The van der Waals surface area contributed by atoms with Crippen molar-refractivity contribution in [3.8, 4) is 6.07 Å². The van der Waals surface area contributed by atoms with Crippen LogP contribution in [-0.4, -0.2) is 54.5 Å². The van der Waals surface area contributed by atoms with Crippen LogP contribution in [0, 0.1) is 11.3 Å². The number of H-pyrrole nitrogens is 1. The number of anilines is 2. The Morgan fingerprint density at radius 3 is 2.61 bits per heavy atom. The number of nitrogens with one attached hydrogen (secondary N) is 3. The Morgan fingerprint density at radius 1 is 1.32 bits per heavy atom. The number of esters is 1. The number of pyridine rings is 1. The molecule has 1 aliphatic heterocycles. The van der Waals surface area contributed by atoms with Crippen LogP contribution in [0.25, 0.3) is 10.9 Å². The van der Waals surface area contributed by atoms with Crippen molar-refractivity contribution in [1.82, 2.24) is 19.5 Å². The minimum atomic E-state index is -3.60. The summed E-state index contributed by atoms with van der Waals surface area (Å²) >= 11 is 0. The molecule has 38 heavy (non-hydrogen) atoms. The van der Waals surface area contributed by atoms with E-state index in [9.17, 15) is 23.3 Å². The second-order valence-electron chi connectivity index (χ2n) is 10.1. The molecule has 2 atom stereocenters. The molecule has 0 radical (unpaired) electrons. The third kappa shape index (κ3) is 5.42. The number of aromatic nitrogens is 3. The molecular formula is C25H30N6O6S. The van der Waals surface area contributed by atoms with E-state index in [0.717, 1.165) is 0 Å². The molecule has 1 saturated heterocycles. The van der Waals surface area contributed by atoms with Gasteiger partial charge in [0.05, 0.1) is 35.0 Å². The van der Waals surface area contributed by atoms with Gasteiger partial charge < -0.3 is 19.8 Å². The van der Waals surface area contributed by atoms with Crippen molar-refractivity contribution in [2.45, 2.75) is 62.2 Å². The SMILES string of the molecule is CNS(=O)(=O)c1ccc(Nc2nn([C@]3(CC#N)CC[C@@H](C(=O)OC(C)(C)C)OC3)c3cc[nH]c(=O)c23)cc1. The highest BCUT2D eigenvalue weighted by atomic mass is 32.2. The second-order valence-corrected chi connectivity index (χ2v) is 12.0. The van der Waals surface area contributed by atoms with Gasteiger partial charge in [0, 0.05) is 11.9 Å². The molecule has 1 aliphatic rings. The highest BCUT2D eigenvalue weighted by molar-refractivity contribution is 7.89. The fraction of sp³-hybridized carbons (Fsp3) is 0.440. The summed E-state index contributed by atoms with van der Waals surface area (Å²) in [6.45, 7) is 5.36. The lowest BCUT2D eigenvalue weighted by molar-refractivity contribution is -0.176. The van der Waals surface area contributed by atoms with Gasteiger partial charge in [0.15, 0.2) is 11.9 Å². The van der Waals surface area contributed by atoms with Crippen LogP contribution in [0.1, 0.15) is 40.0 Å². The van der Waals surface area contributed by atoms with Crippen LogP contribution in [-0.2, 0) is 29.8 Å². The summed E-state index contributed by atoms with van der Waals surface area (Å²) in [4.78, 5) is 28.1. The Balaban J connectivity index is 1.69. The van der Waals surface area contributed by atoms with Gasteiger partial charge in [0.1, 0.15) is 11.0 Å². The predicted molar refractivity (Wildman–Crippen MR) is 139 cm³/mol. The van der Waals surface area contributed by atoms with Crippen LogP contribution in [0.4, 0.5) is 11.5 Å². The first kappa shape index (κ1) is 27.3. The highest BCUT2D eigenvalue weighted by Crippen LogP contribution is 2.37. The van der Waals surface area contributed by atoms with Gasteiger partial charge >= 0.3 is 5.97 Å². The number of sulfonamides is 1. The number of ether oxygens (including phenoxy) is 2. The molecule has 0 unspecified atom stereocenters. The molecule has 0 bridgehead atoms. The van der Waals surface area contributed by atoms with E-state index in [2.05, 4.69) is 26.2 Å².